The third-order valence-electron chi connectivity index (χ3n) is 2.86. The monoisotopic (exact) mass is 309 g/mol. The van der Waals surface area contributed by atoms with Crippen LogP contribution in [0.15, 0.2) is 40.2 Å². The molecule has 1 aromatic heterocycles. The second kappa shape index (κ2) is 5.80. The maximum absolute atomic E-state index is 3.56. The highest BCUT2D eigenvalue weighted by molar-refractivity contribution is 9.10. The van der Waals surface area contributed by atoms with Crippen LogP contribution in [0.4, 0.5) is 0 Å². The highest BCUT2D eigenvalue weighted by Crippen LogP contribution is 2.21. The second-order valence-corrected chi connectivity index (χ2v) is 6.10. The molecule has 3 heteroatoms. The molecule has 1 nitrogen and oxygen atoms in total. The minimum Gasteiger partial charge on any atom is -0.305 e. The van der Waals surface area contributed by atoms with Gasteiger partial charge in [-0.2, -0.15) is 0 Å². The number of aryl methyl sites for hydroxylation is 1. The highest BCUT2D eigenvalue weighted by Gasteiger charge is 2.07. The predicted octanol–water partition coefficient (Wildman–Crippen LogP) is 4.67. The summed E-state index contributed by atoms with van der Waals surface area (Å²) in [7, 11) is 0. The van der Waals surface area contributed by atoms with Crippen LogP contribution in [0.3, 0.4) is 0 Å². The van der Waals surface area contributed by atoms with Crippen molar-refractivity contribution in [1.29, 1.82) is 0 Å². The normalized spacial score (nSPS) is 12.6. The van der Waals surface area contributed by atoms with E-state index in [1.54, 1.807) is 11.3 Å². The van der Waals surface area contributed by atoms with Gasteiger partial charge in [-0.15, -0.1) is 11.3 Å². The third-order valence-corrected chi connectivity index (χ3v) is 4.56. The summed E-state index contributed by atoms with van der Waals surface area (Å²) in [6.07, 6.45) is 0. The Morgan fingerprint density at radius 2 is 2.12 bits per heavy atom. The van der Waals surface area contributed by atoms with Crippen LogP contribution in [0.5, 0.6) is 0 Å². The van der Waals surface area contributed by atoms with Gasteiger partial charge in [0.2, 0.25) is 0 Å². The van der Waals surface area contributed by atoms with Crippen molar-refractivity contribution in [2.45, 2.75) is 26.4 Å². The van der Waals surface area contributed by atoms with Gasteiger partial charge in [0.1, 0.15) is 0 Å². The lowest BCUT2D eigenvalue weighted by Gasteiger charge is -2.15. The second-order valence-electron chi connectivity index (χ2n) is 4.19. The molecule has 2 rings (SSSR count). The van der Waals surface area contributed by atoms with E-state index in [4.69, 9.17) is 0 Å². The summed E-state index contributed by atoms with van der Waals surface area (Å²) in [6, 6.07) is 11.1. The van der Waals surface area contributed by atoms with Crippen molar-refractivity contribution in [3.63, 3.8) is 0 Å². The largest absolute Gasteiger partial charge is 0.305 e. The summed E-state index contributed by atoms with van der Waals surface area (Å²) >= 11 is 5.26. The highest BCUT2D eigenvalue weighted by atomic mass is 79.9. The number of halogens is 1. The molecule has 0 aliphatic rings. The smallest absolute Gasteiger partial charge is 0.0305 e. The Labute approximate surface area is 115 Å². The molecule has 0 amide bonds. The lowest BCUT2D eigenvalue weighted by Crippen LogP contribution is -2.18. The van der Waals surface area contributed by atoms with Gasteiger partial charge in [0.15, 0.2) is 0 Å². The van der Waals surface area contributed by atoms with E-state index in [2.05, 4.69) is 70.8 Å². The SMILES string of the molecule is Cc1ccccc1[C@H](C)NCc1cc(Br)cs1. The first-order chi connectivity index (χ1) is 8.16. The van der Waals surface area contributed by atoms with E-state index in [0.29, 0.717) is 6.04 Å². The van der Waals surface area contributed by atoms with Gasteiger partial charge < -0.3 is 5.32 Å². The van der Waals surface area contributed by atoms with E-state index >= 15 is 0 Å². The zero-order valence-corrected chi connectivity index (χ0v) is 12.4. The fraction of sp³-hybridized carbons (Fsp3) is 0.286. The zero-order valence-electron chi connectivity index (χ0n) is 10.0. The van der Waals surface area contributed by atoms with Gasteiger partial charge in [0.05, 0.1) is 0 Å². The molecule has 2 aromatic rings. The van der Waals surface area contributed by atoms with Crippen LogP contribution >= 0.6 is 27.3 Å². The van der Waals surface area contributed by atoms with Crippen LogP contribution in [0.2, 0.25) is 0 Å². The average molecular weight is 310 g/mol. The molecule has 0 aliphatic heterocycles. The van der Waals surface area contributed by atoms with E-state index in [1.165, 1.54) is 20.5 Å². The van der Waals surface area contributed by atoms with Crippen LogP contribution in [0.1, 0.15) is 29.0 Å². The molecule has 90 valence electrons. The fourth-order valence-electron chi connectivity index (χ4n) is 1.88. The minimum atomic E-state index is 0.386. The van der Waals surface area contributed by atoms with Crippen LogP contribution in [-0.4, -0.2) is 0 Å². The standard InChI is InChI=1S/C14H16BrNS/c1-10-5-3-4-6-14(10)11(2)16-8-13-7-12(15)9-17-13/h3-7,9,11,16H,8H2,1-2H3/t11-/m0/s1. The first-order valence-corrected chi connectivity index (χ1v) is 7.36. The van der Waals surface area contributed by atoms with Gasteiger partial charge in [-0.25, -0.2) is 0 Å². The van der Waals surface area contributed by atoms with Crippen molar-refractivity contribution in [3.8, 4) is 0 Å². The average Bonchev–Trinajstić information content (AvgIpc) is 2.73. The van der Waals surface area contributed by atoms with Crippen LogP contribution in [0, 0.1) is 6.92 Å². The van der Waals surface area contributed by atoms with Gasteiger partial charge in [-0.1, -0.05) is 24.3 Å². The molecule has 0 radical (unpaired) electrons. The quantitative estimate of drug-likeness (QED) is 0.865. The Balaban J connectivity index is 1.98. The molecule has 1 aromatic carbocycles. The van der Waals surface area contributed by atoms with Gasteiger partial charge in [0.25, 0.3) is 0 Å². The van der Waals surface area contributed by atoms with Gasteiger partial charge in [-0.3, -0.25) is 0 Å². The van der Waals surface area contributed by atoms with Crippen molar-refractivity contribution >= 4 is 27.3 Å². The first kappa shape index (κ1) is 12.8. The van der Waals surface area contributed by atoms with Crippen molar-refractivity contribution in [2.24, 2.45) is 0 Å². The molecule has 0 saturated heterocycles. The summed E-state index contributed by atoms with van der Waals surface area (Å²) in [5.41, 5.74) is 2.72. The van der Waals surface area contributed by atoms with Gasteiger partial charge in [-0.05, 0) is 47.0 Å². The maximum Gasteiger partial charge on any atom is 0.0305 e. The molecule has 17 heavy (non-hydrogen) atoms. The summed E-state index contributed by atoms with van der Waals surface area (Å²) in [6.45, 7) is 5.30. The topological polar surface area (TPSA) is 12.0 Å². The molecule has 0 saturated carbocycles. The van der Waals surface area contributed by atoms with Gasteiger partial charge >= 0.3 is 0 Å². The molecule has 1 N–H and O–H groups in total. The molecule has 0 aliphatic carbocycles. The first-order valence-electron chi connectivity index (χ1n) is 5.68. The third kappa shape index (κ3) is 3.41. The van der Waals surface area contributed by atoms with E-state index in [-0.39, 0.29) is 0 Å². The lowest BCUT2D eigenvalue weighted by molar-refractivity contribution is 0.576. The van der Waals surface area contributed by atoms with E-state index in [9.17, 15) is 0 Å². The van der Waals surface area contributed by atoms with Crippen molar-refractivity contribution in [3.05, 3.63) is 56.2 Å². The number of thiophene rings is 1. The van der Waals surface area contributed by atoms with Crippen molar-refractivity contribution in [1.82, 2.24) is 5.32 Å². The fourth-order valence-corrected chi connectivity index (χ4v) is 3.28. The van der Waals surface area contributed by atoms with E-state index < -0.39 is 0 Å². The minimum absolute atomic E-state index is 0.386. The van der Waals surface area contributed by atoms with E-state index in [1.807, 2.05) is 0 Å². The van der Waals surface area contributed by atoms with Crippen molar-refractivity contribution < 1.29 is 0 Å². The summed E-state index contributed by atoms with van der Waals surface area (Å²) in [5.74, 6) is 0. The predicted molar refractivity (Wildman–Crippen MR) is 78.5 cm³/mol. The Morgan fingerprint density at radius 1 is 1.35 bits per heavy atom. The lowest BCUT2D eigenvalue weighted by atomic mass is 10.0. The molecule has 0 fully saturated rings. The number of hydrogen-bond donors (Lipinski definition) is 1. The summed E-state index contributed by atoms with van der Waals surface area (Å²) < 4.78 is 1.17. The number of benzene rings is 1. The number of nitrogens with one attached hydrogen (secondary N) is 1. The molecule has 0 spiro atoms. The van der Waals surface area contributed by atoms with Crippen molar-refractivity contribution in [2.75, 3.05) is 0 Å². The molecule has 0 bridgehead atoms. The number of rotatable bonds is 4. The molecular formula is C14H16BrNS. The summed E-state index contributed by atoms with van der Waals surface area (Å²) in [4.78, 5) is 1.36. The Bertz CT molecular complexity index is 492. The maximum atomic E-state index is 3.56. The zero-order chi connectivity index (χ0) is 12.3. The Kier molecular flexibility index (Phi) is 4.37. The van der Waals surface area contributed by atoms with Crippen LogP contribution in [-0.2, 0) is 6.54 Å². The Hall–Kier alpha value is -0.640. The number of hydrogen-bond acceptors (Lipinski definition) is 2. The van der Waals surface area contributed by atoms with Crippen LogP contribution < -0.4 is 5.32 Å². The molecule has 1 heterocycles. The molecule has 1 atom stereocenters. The van der Waals surface area contributed by atoms with E-state index in [0.717, 1.165) is 6.54 Å². The van der Waals surface area contributed by atoms with Gasteiger partial charge in [0, 0.05) is 27.3 Å². The summed E-state index contributed by atoms with van der Waals surface area (Å²) in [5, 5.41) is 5.68. The molecule has 0 unspecified atom stereocenters. The van der Waals surface area contributed by atoms with Crippen LogP contribution in [0.25, 0.3) is 0 Å². The molecular weight excluding hydrogens is 294 g/mol. The Morgan fingerprint density at radius 3 is 2.76 bits per heavy atom.